The predicted octanol–water partition coefficient (Wildman–Crippen LogP) is 3.24. The topological polar surface area (TPSA) is 60.9 Å². The minimum absolute atomic E-state index is 0.0373. The zero-order chi connectivity index (χ0) is 18.7. The highest BCUT2D eigenvalue weighted by atomic mass is 35.5. The van der Waals surface area contributed by atoms with Gasteiger partial charge in [-0.25, -0.2) is 0 Å². The maximum absolute atomic E-state index is 12.6. The summed E-state index contributed by atoms with van der Waals surface area (Å²) in [5.74, 6) is 0.0597. The fourth-order valence-corrected chi connectivity index (χ4v) is 3.32. The lowest BCUT2D eigenvalue weighted by Crippen LogP contribution is -2.57. The molecule has 0 bridgehead atoms. The van der Waals surface area contributed by atoms with Crippen molar-refractivity contribution in [1.29, 1.82) is 0 Å². The fourth-order valence-electron chi connectivity index (χ4n) is 3.14. The van der Waals surface area contributed by atoms with E-state index in [0.717, 1.165) is 11.3 Å². The molecule has 1 fully saturated rings. The summed E-state index contributed by atoms with van der Waals surface area (Å²) in [4.78, 5) is 28.4. The van der Waals surface area contributed by atoms with E-state index in [2.05, 4.69) is 0 Å². The number of anilines is 1. The number of hydrogen-bond acceptors (Lipinski definition) is 3. The number of piperazine rings is 1. The molecule has 1 atom stereocenters. The second-order valence-corrected chi connectivity index (χ2v) is 6.96. The van der Waals surface area contributed by atoms with Crippen molar-refractivity contribution >= 4 is 29.1 Å². The summed E-state index contributed by atoms with van der Waals surface area (Å²) >= 11 is 6.02. The summed E-state index contributed by atoms with van der Waals surface area (Å²) in [7, 11) is 0. The van der Waals surface area contributed by atoms with E-state index in [-0.39, 0.29) is 30.2 Å². The van der Waals surface area contributed by atoms with Gasteiger partial charge in [0.15, 0.2) is 0 Å². The molecule has 1 heterocycles. The molecule has 1 N–H and O–H groups in total. The lowest BCUT2D eigenvalue weighted by molar-refractivity contribution is -0.139. The first-order valence-corrected chi connectivity index (χ1v) is 8.95. The fraction of sp³-hybridized carbons (Fsp3) is 0.300. The Bertz CT molecular complexity index is 807. The van der Waals surface area contributed by atoms with E-state index in [4.69, 9.17) is 11.6 Å². The largest absolute Gasteiger partial charge is 0.508 e. The third-order valence-corrected chi connectivity index (χ3v) is 4.82. The number of halogens is 1. The third-order valence-electron chi connectivity index (χ3n) is 4.59. The van der Waals surface area contributed by atoms with E-state index < -0.39 is 0 Å². The standard InChI is InChI=1S/C20H21ClN2O3/c1-14-12-23(17-4-2-3-16(21)11-17)20(26)13-22(14)19(25)10-7-15-5-8-18(24)9-6-15/h2-6,8-9,11,14,24H,7,10,12-13H2,1H3/t14-/m0/s1. The summed E-state index contributed by atoms with van der Waals surface area (Å²) in [5, 5.41) is 9.89. The zero-order valence-corrected chi connectivity index (χ0v) is 15.3. The van der Waals surface area contributed by atoms with Crippen LogP contribution in [0.4, 0.5) is 5.69 Å². The number of benzene rings is 2. The van der Waals surface area contributed by atoms with Crippen LogP contribution in [0.5, 0.6) is 5.75 Å². The van der Waals surface area contributed by atoms with Crippen LogP contribution in [-0.2, 0) is 16.0 Å². The molecule has 2 aromatic carbocycles. The van der Waals surface area contributed by atoms with E-state index in [1.165, 1.54) is 0 Å². The van der Waals surface area contributed by atoms with E-state index in [9.17, 15) is 14.7 Å². The molecule has 0 saturated carbocycles. The van der Waals surface area contributed by atoms with Crippen LogP contribution in [-0.4, -0.2) is 41.0 Å². The Balaban J connectivity index is 1.62. The average Bonchev–Trinajstić information content (AvgIpc) is 2.62. The van der Waals surface area contributed by atoms with Gasteiger partial charge in [0.1, 0.15) is 12.3 Å². The first kappa shape index (κ1) is 18.3. The first-order chi connectivity index (χ1) is 12.4. The normalized spacial score (nSPS) is 17.5. The van der Waals surface area contributed by atoms with Gasteiger partial charge >= 0.3 is 0 Å². The number of carbonyl (C=O) groups excluding carboxylic acids is 2. The number of rotatable bonds is 4. The lowest BCUT2D eigenvalue weighted by Gasteiger charge is -2.39. The SMILES string of the molecule is C[C@H]1CN(c2cccc(Cl)c2)C(=O)CN1C(=O)CCc1ccc(O)cc1. The van der Waals surface area contributed by atoms with Crippen molar-refractivity contribution in [1.82, 2.24) is 4.90 Å². The van der Waals surface area contributed by atoms with Crippen molar-refractivity contribution < 1.29 is 14.7 Å². The molecule has 0 unspecified atom stereocenters. The van der Waals surface area contributed by atoms with Crippen LogP contribution >= 0.6 is 11.6 Å². The van der Waals surface area contributed by atoms with Crippen molar-refractivity contribution in [3.8, 4) is 5.75 Å². The molecule has 2 amide bonds. The number of aromatic hydroxyl groups is 1. The van der Waals surface area contributed by atoms with Gasteiger partial charge in [0.25, 0.3) is 0 Å². The smallest absolute Gasteiger partial charge is 0.246 e. The Morgan fingerprint density at radius 2 is 1.96 bits per heavy atom. The Morgan fingerprint density at radius 3 is 2.65 bits per heavy atom. The number of nitrogens with zero attached hydrogens (tertiary/aromatic N) is 2. The van der Waals surface area contributed by atoms with E-state index in [1.807, 2.05) is 19.1 Å². The van der Waals surface area contributed by atoms with Crippen LogP contribution in [0.2, 0.25) is 5.02 Å². The molecule has 6 heteroatoms. The number of phenolic OH excluding ortho intramolecular Hbond substituents is 1. The summed E-state index contributed by atoms with van der Waals surface area (Å²) < 4.78 is 0. The number of aryl methyl sites for hydroxylation is 1. The monoisotopic (exact) mass is 372 g/mol. The molecular formula is C20H21ClN2O3. The summed E-state index contributed by atoms with van der Waals surface area (Å²) in [5.41, 5.74) is 1.73. The van der Waals surface area contributed by atoms with Gasteiger partial charge in [-0.2, -0.15) is 0 Å². The summed E-state index contributed by atoms with van der Waals surface area (Å²) in [6, 6.07) is 13.9. The highest BCUT2D eigenvalue weighted by Crippen LogP contribution is 2.24. The van der Waals surface area contributed by atoms with Crippen LogP contribution in [0.1, 0.15) is 18.9 Å². The van der Waals surface area contributed by atoms with Gasteiger partial charge in [-0.05, 0) is 49.2 Å². The van der Waals surface area contributed by atoms with Gasteiger partial charge in [-0.3, -0.25) is 9.59 Å². The molecule has 0 aliphatic carbocycles. The number of hydrogen-bond donors (Lipinski definition) is 1. The molecule has 1 aliphatic heterocycles. The van der Waals surface area contributed by atoms with Crippen molar-refractivity contribution in [2.45, 2.75) is 25.8 Å². The summed E-state index contributed by atoms with van der Waals surface area (Å²) in [6.07, 6.45) is 0.911. The Hall–Kier alpha value is -2.53. The van der Waals surface area contributed by atoms with Crippen molar-refractivity contribution in [2.75, 3.05) is 18.0 Å². The number of phenols is 1. The van der Waals surface area contributed by atoms with Gasteiger partial charge in [-0.1, -0.05) is 29.8 Å². The Kier molecular flexibility index (Phi) is 5.47. The van der Waals surface area contributed by atoms with Gasteiger partial charge < -0.3 is 14.9 Å². The second kappa shape index (κ2) is 7.79. The van der Waals surface area contributed by atoms with Crippen LogP contribution < -0.4 is 4.90 Å². The van der Waals surface area contributed by atoms with Crippen LogP contribution in [0.15, 0.2) is 48.5 Å². The summed E-state index contributed by atoms with van der Waals surface area (Å²) in [6.45, 7) is 2.47. The highest BCUT2D eigenvalue weighted by molar-refractivity contribution is 6.30. The number of carbonyl (C=O) groups is 2. The molecule has 2 aromatic rings. The van der Waals surface area contributed by atoms with Crippen molar-refractivity contribution in [2.24, 2.45) is 0 Å². The third kappa shape index (κ3) is 4.17. The van der Waals surface area contributed by atoms with E-state index in [1.54, 1.807) is 46.2 Å². The van der Waals surface area contributed by atoms with Gasteiger partial charge in [0, 0.05) is 29.7 Å². The van der Waals surface area contributed by atoms with Crippen LogP contribution in [0, 0.1) is 0 Å². The Morgan fingerprint density at radius 1 is 1.23 bits per heavy atom. The van der Waals surface area contributed by atoms with Gasteiger partial charge in [0.05, 0.1) is 0 Å². The molecule has 3 rings (SSSR count). The molecule has 0 radical (unpaired) electrons. The number of amides is 2. The first-order valence-electron chi connectivity index (χ1n) is 8.57. The maximum Gasteiger partial charge on any atom is 0.246 e. The van der Waals surface area contributed by atoms with Gasteiger partial charge in [-0.15, -0.1) is 0 Å². The zero-order valence-electron chi connectivity index (χ0n) is 14.6. The average molecular weight is 373 g/mol. The van der Waals surface area contributed by atoms with E-state index >= 15 is 0 Å². The Labute approximate surface area is 157 Å². The molecule has 1 aliphatic rings. The minimum Gasteiger partial charge on any atom is -0.508 e. The molecule has 0 spiro atoms. The highest BCUT2D eigenvalue weighted by Gasteiger charge is 2.32. The molecule has 5 nitrogen and oxygen atoms in total. The van der Waals surface area contributed by atoms with E-state index in [0.29, 0.717) is 24.4 Å². The minimum atomic E-state index is -0.108. The molecular weight excluding hydrogens is 352 g/mol. The molecule has 0 aromatic heterocycles. The lowest BCUT2D eigenvalue weighted by atomic mass is 10.1. The van der Waals surface area contributed by atoms with Crippen LogP contribution in [0.25, 0.3) is 0 Å². The molecule has 136 valence electrons. The maximum atomic E-state index is 12.6. The van der Waals surface area contributed by atoms with Crippen LogP contribution in [0.3, 0.4) is 0 Å². The van der Waals surface area contributed by atoms with Crippen molar-refractivity contribution in [3.63, 3.8) is 0 Å². The predicted molar refractivity (Wildman–Crippen MR) is 101 cm³/mol. The second-order valence-electron chi connectivity index (χ2n) is 6.52. The molecule has 1 saturated heterocycles. The van der Waals surface area contributed by atoms with Crippen molar-refractivity contribution in [3.05, 3.63) is 59.1 Å². The molecule has 26 heavy (non-hydrogen) atoms. The quantitative estimate of drug-likeness (QED) is 0.896. The van der Waals surface area contributed by atoms with Gasteiger partial charge in [0.2, 0.25) is 11.8 Å².